The van der Waals surface area contributed by atoms with Crippen molar-refractivity contribution in [2.24, 2.45) is 0 Å². The Hall–Kier alpha value is -0.800. The smallest absolute Gasteiger partial charge is 0.0915 e. The van der Waals surface area contributed by atoms with Crippen LogP contribution in [0.25, 0.3) is 9.75 Å². The maximum absolute atomic E-state index is 2.50. The molecule has 3 heterocycles. The Bertz CT molecular complexity index is 424. The molecule has 3 heteroatoms. The highest BCUT2D eigenvalue weighted by Gasteiger charge is 2.14. The average Bonchev–Trinajstić information content (AvgIpc) is 3.02. The molecule has 0 unspecified atom stereocenters. The van der Waals surface area contributed by atoms with E-state index in [0.717, 1.165) is 0 Å². The number of rotatable bonds is 2. The van der Waals surface area contributed by atoms with E-state index in [4.69, 9.17) is 0 Å². The fourth-order valence-electron chi connectivity index (χ4n) is 1.99. The highest BCUT2D eigenvalue weighted by molar-refractivity contribution is 7.23. The van der Waals surface area contributed by atoms with Crippen molar-refractivity contribution in [1.29, 1.82) is 0 Å². The van der Waals surface area contributed by atoms with Gasteiger partial charge in [0.1, 0.15) is 0 Å². The third-order valence-corrected chi connectivity index (χ3v) is 4.99. The minimum absolute atomic E-state index is 1.24. The highest BCUT2D eigenvalue weighted by Crippen LogP contribution is 2.36. The Morgan fingerprint density at radius 1 is 1.00 bits per heavy atom. The summed E-state index contributed by atoms with van der Waals surface area (Å²) >= 11 is 3.75. The Kier molecular flexibility index (Phi) is 2.51. The maximum atomic E-state index is 2.50. The van der Waals surface area contributed by atoms with Gasteiger partial charge in [0.05, 0.1) is 5.00 Å². The van der Waals surface area contributed by atoms with Crippen molar-refractivity contribution >= 4 is 27.7 Å². The fourth-order valence-corrected chi connectivity index (χ4v) is 3.88. The van der Waals surface area contributed by atoms with Gasteiger partial charge in [-0.25, -0.2) is 0 Å². The summed E-state index contributed by atoms with van der Waals surface area (Å²) in [6.45, 7) is 2.48. The Labute approximate surface area is 98.0 Å². The Morgan fingerprint density at radius 2 is 1.87 bits per heavy atom. The molecule has 1 nitrogen and oxygen atoms in total. The number of nitrogens with zero attached hydrogens (tertiary/aromatic N) is 1. The van der Waals surface area contributed by atoms with E-state index >= 15 is 0 Å². The van der Waals surface area contributed by atoms with Gasteiger partial charge in [-0.1, -0.05) is 6.07 Å². The van der Waals surface area contributed by atoms with Crippen molar-refractivity contribution in [2.45, 2.75) is 12.8 Å². The van der Waals surface area contributed by atoms with E-state index < -0.39 is 0 Å². The van der Waals surface area contributed by atoms with Crippen LogP contribution in [0.2, 0.25) is 0 Å². The van der Waals surface area contributed by atoms with E-state index in [2.05, 4.69) is 34.5 Å². The van der Waals surface area contributed by atoms with Crippen molar-refractivity contribution in [1.82, 2.24) is 0 Å². The number of thiophene rings is 2. The summed E-state index contributed by atoms with van der Waals surface area (Å²) in [5.74, 6) is 0. The third kappa shape index (κ3) is 1.82. The summed E-state index contributed by atoms with van der Waals surface area (Å²) in [6, 6.07) is 8.84. The molecule has 78 valence electrons. The molecule has 1 aliphatic rings. The van der Waals surface area contributed by atoms with Crippen LogP contribution in [0.3, 0.4) is 0 Å². The molecular weight excluding hydrogens is 222 g/mol. The molecule has 1 fully saturated rings. The van der Waals surface area contributed by atoms with Crippen LogP contribution in [-0.4, -0.2) is 13.1 Å². The van der Waals surface area contributed by atoms with Crippen molar-refractivity contribution in [2.75, 3.05) is 18.0 Å². The second kappa shape index (κ2) is 3.99. The van der Waals surface area contributed by atoms with E-state index in [0.29, 0.717) is 0 Å². The van der Waals surface area contributed by atoms with Crippen LogP contribution in [0.5, 0.6) is 0 Å². The first-order valence-corrected chi connectivity index (χ1v) is 7.02. The topological polar surface area (TPSA) is 3.24 Å². The van der Waals surface area contributed by atoms with Gasteiger partial charge in [0, 0.05) is 22.8 Å². The molecule has 0 aromatic carbocycles. The van der Waals surface area contributed by atoms with Crippen LogP contribution in [0.4, 0.5) is 5.00 Å². The van der Waals surface area contributed by atoms with Crippen molar-refractivity contribution in [3.63, 3.8) is 0 Å². The van der Waals surface area contributed by atoms with Gasteiger partial charge in [0.25, 0.3) is 0 Å². The van der Waals surface area contributed by atoms with Crippen molar-refractivity contribution in [3.8, 4) is 9.75 Å². The quantitative estimate of drug-likeness (QED) is 0.758. The molecule has 0 aliphatic carbocycles. The summed E-state index contributed by atoms with van der Waals surface area (Å²) in [5, 5.41) is 3.58. The summed E-state index contributed by atoms with van der Waals surface area (Å²) in [5.41, 5.74) is 0. The van der Waals surface area contributed by atoms with Crippen LogP contribution >= 0.6 is 22.7 Å². The van der Waals surface area contributed by atoms with Gasteiger partial charge in [-0.05, 0) is 36.4 Å². The van der Waals surface area contributed by atoms with Crippen LogP contribution in [0.15, 0.2) is 29.6 Å². The van der Waals surface area contributed by atoms with Gasteiger partial charge in [-0.2, -0.15) is 0 Å². The van der Waals surface area contributed by atoms with Gasteiger partial charge < -0.3 is 4.90 Å². The predicted molar refractivity (Wildman–Crippen MR) is 69.1 cm³/mol. The molecule has 0 amide bonds. The van der Waals surface area contributed by atoms with Gasteiger partial charge in [-0.3, -0.25) is 0 Å². The summed E-state index contributed by atoms with van der Waals surface area (Å²) in [4.78, 5) is 5.30. The zero-order chi connectivity index (χ0) is 10.1. The second-order valence-corrected chi connectivity index (χ2v) is 5.82. The first-order valence-electron chi connectivity index (χ1n) is 5.32. The summed E-state index contributed by atoms with van der Waals surface area (Å²) in [6.07, 6.45) is 2.71. The SMILES string of the molecule is c1csc(-c2ccc(N3CCCC3)s2)c1. The van der Waals surface area contributed by atoms with Crippen LogP contribution < -0.4 is 4.90 Å². The molecule has 2 aromatic heterocycles. The van der Waals surface area contributed by atoms with Gasteiger partial charge in [-0.15, -0.1) is 22.7 Å². The minimum atomic E-state index is 1.24. The lowest BCUT2D eigenvalue weighted by Gasteiger charge is -2.13. The van der Waals surface area contributed by atoms with E-state index in [1.165, 1.54) is 40.7 Å². The van der Waals surface area contributed by atoms with Crippen LogP contribution in [0.1, 0.15) is 12.8 Å². The monoisotopic (exact) mass is 235 g/mol. The van der Waals surface area contributed by atoms with Gasteiger partial charge in [0.15, 0.2) is 0 Å². The molecule has 3 rings (SSSR count). The molecule has 2 aromatic rings. The Morgan fingerprint density at radius 3 is 2.60 bits per heavy atom. The van der Waals surface area contributed by atoms with Crippen molar-refractivity contribution in [3.05, 3.63) is 29.6 Å². The molecule has 15 heavy (non-hydrogen) atoms. The standard InChI is InChI=1S/C12H13NS2/c1-2-8-13(7-1)12-6-5-11(15-12)10-4-3-9-14-10/h3-6,9H,1-2,7-8H2. The minimum Gasteiger partial charge on any atom is -0.363 e. The zero-order valence-corrected chi connectivity index (χ0v) is 10.1. The normalized spacial score (nSPS) is 16.1. The molecule has 0 atom stereocenters. The molecule has 0 bridgehead atoms. The van der Waals surface area contributed by atoms with E-state index in [-0.39, 0.29) is 0 Å². The predicted octanol–water partition coefficient (Wildman–Crippen LogP) is 4.08. The lowest BCUT2D eigenvalue weighted by atomic mass is 10.4. The van der Waals surface area contributed by atoms with Crippen LogP contribution in [0, 0.1) is 0 Å². The lowest BCUT2D eigenvalue weighted by molar-refractivity contribution is 0.949. The molecule has 0 spiro atoms. The Balaban J connectivity index is 1.87. The van der Waals surface area contributed by atoms with Crippen LogP contribution in [-0.2, 0) is 0 Å². The fraction of sp³-hybridized carbons (Fsp3) is 0.333. The van der Waals surface area contributed by atoms with E-state index in [9.17, 15) is 0 Å². The first kappa shape index (κ1) is 9.43. The second-order valence-electron chi connectivity index (χ2n) is 3.81. The zero-order valence-electron chi connectivity index (χ0n) is 8.48. The molecule has 1 saturated heterocycles. The molecular formula is C12H13NS2. The summed E-state index contributed by atoms with van der Waals surface area (Å²) in [7, 11) is 0. The summed E-state index contributed by atoms with van der Waals surface area (Å²) < 4.78 is 0. The molecule has 0 saturated carbocycles. The maximum Gasteiger partial charge on any atom is 0.0915 e. The molecule has 0 N–H and O–H groups in total. The first-order chi connectivity index (χ1) is 7.43. The lowest BCUT2D eigenvalue weighted by Crippen LogP contribution is -2.15. The third-order valence-electron chi connectivity index (χ3n) is 2.77. The van der Waals surface area contributed by atoms with E-state index in [1.54, 1.807) is 0 Å². The molecule has 0 radical (unpaired) electrons. The number of hydrogen-bond acceptors (Lipinski definition) is 3. The molecule has 1 aliphatic heterocycles. The van der Waals surface area contributed by atoms with Gasteiger partial charge in [0.2, 0.25) is 0 Å². The van der Waals surface area contributed by atoms with Crippen molar-refractivity contribution < 1.29 is 0 Å². The number of anilines is 1. The van der Waals surface area contributed by atoms with Gasteiger partial charge >= 0.3 is 0 Å². The highest BCUT2D eigenvalue weighted by atomic mass is 32.1. The number of hydrogen-bond donors (Lipinski definition) is 0. The largest absolute Gasteiger partial charge is 0.363 e. The van der Waals surface area contributed by atoms with E-state index in [1.807, 2.05) is 22.7 Å². The average molecular weight is 235 g/mol.